The second-order valence-electron chi connectivity index (χ2n) is 6.16. The molecule has 0 N–H and O–H groups in total. The molecule has 25 heavy (non-hydrogen) atoms. The van der Waals surface area contributed by atoms with E-state index >= 15 is 0 Å². The first-order valence-electron chi connectivity index (χ1n) is 8.57. The number of benzene rings is 1. The fourth-order valence-corrected chi connectivity index (χ4v) is 3.13. The molecule has 0 unspecified atom stereocenters. The van der Waals surface area contributed by atoms with Crippen LogP contribution in [0.1, 0.15) is 17.3 Å². The molecular formula is C19H20N4O2. The Morgan fingerprint density at radius 1 is 1.12 bits per heavy atom. The number of hydrogen-bond donors (Lipinski definition) is 0. The van der Waals surface area contributed by atoms with Crippen LogP contribution < -0.4 is 0 Å². The molecule has 1 amide bonds. The first-order valence-corrected chi connectivity index (χ1v) is 8.57. The van der Waals surface area contributed by atoms with Gasteiger partial charge in [0.15, 0.2) is 5.58 Å². The highest BCUT2D eigenvalue weighted by molar-refractivity contribution is 5.97. The Labute approximate surface area is 146 Å². The minimum absolute atomic E-state index is 0.0551. The lowest BCUT2D eigenvalue weighted by Gasteiger charge is -2.34. The molecule has 0 bridgehead atoms. The van der Waals surface area contributed by atoms with Crippen LogP contribution in [0.2, 0.25) is 0 Å². The van der Waals surface area contributed by atoms with Crippen LogP contribution in [0.15, 0.2) is 47.1 Å². The van der Waals surface area contributed by atoms with Crippen molar-refractivity contribution in [3.63, 3.8) is 0 Å². The molecule has 1 saturated heterocycles. The van der Waals surface area contributed by atoms with Crippen molar-refractivity contribution in [1.29, 1.82) is 0 Å². The van der Waals surface area contributed by atoms with Crippen molar-refractivity contribution in [1.82, 2.24) is 19.8 Å². The third-order valence-corrected chi connectivity index (χ3v) is 4.67. The van der Waals surface area contributed by atoms with Crippen molar-refractivity contribution in [2.24, 2.45) is 0 Å². The average molecular weight is 336 g/mol. The van der Waals surface area contributed by atoms with E-state index in [1.165, 1.54) is 0 Å². The normalized spacial score (nSPS) is 15.6. The van der Waals surface area contributed by atoms with E-state index in [9.17, 15) is 4.79 Å². The lowest BCUT2D eigenvalue weighted by Crippen LogP contribution is -2.48. The van der Waals surface area contributed by atoms with Gasteiger partial charge < -0.3 is 14.2 Å². The van der Waals surface area contributed by atoms with Gasteiger partial charge in [0, 0.05) is 49.7 Å². The van der Waals surface area contributed by atoms with Crippen LogP contribution in [0.3, 0.4) is 0 Å². The van der Waals surface area contributed by atoms with Gasteiger partial charge in [0.05, 0.1) is 0 Å². The Balaban J connectivity index is 1.58. The van der Waals surface area contributed by atoms with E-state index in [0.717, 1.165) is 43.8 Å². The highest BCUT2D eigenvalue weighted by Crippen LogP contribution is 2.25. The molecule has 1 aromatic carbocycles. The third kappa shape index (κ3) is 3.13. The van der Waals surface area contributed by atoms with Gasteiger partial charge in [-0.15, -0.1) is 0 Å². The van der Waals surface area contributed by atoms with Crippen LogP contribution in [-0.4, -0.2) is 58.4 Å². The summed E-state index contributed by atoms with van der Waals surface area (Å²) >= 11 is 0. The lowest BCUT2D eigenvalue weighted by atomic mass is 10.1. The van der Waals surface area contributed by atoms with Crippen LogP contribution in [0.4, 0.5) is 0 Å². The molecule has 0 spiro atoms. The van der Waals surface area contributed by atoms with E-state index in [1.54, 1.807) is 18.5 Å². The summed E-state index contributed by atoms with van der Waals surface area (Å²) in [6, 6.07) is 9.17. The van der Waals surface area contributed by atoms with Crippen molar-refractivity contribution < 1.29 is 9.21 Å². The molecule has 0 atom stereocenters. The fourth-order valence-electron chi connectivity index (χ4n) is 3.13. The lowest BCUT2D eigenvalue weighted by molar-refractivity contribution is 0.0643. The van der Waals surface area contributed by atoms with Gasteiger partial charge in [0.25, 0.3) is 5.91 Å². The number of aromatic nitrogens is 2. The van der Waals surface area contributed by atoms with E-state index < -0.39 is 0 Å². The van der Waals surface area contributed by atoms with E-state index in [4.69, 9.17) is 4.42 Å². The van der Waals surface area contributed by atoms with E-state index in [1.807, 2.05) is 29.2 Å². The smallest absolute Gasteiger partial charge is 0.254 e. The maximum absolute atomic E-state index is 12.8. The van der Waals surface area contributed by atoms with Gasteiger partial charge in [0.2, 0.25) is 5.89 Å². The van der Waals surface area contributed by atoms with Crippen LogP contribution in [0.5, 0.6) is 0 Å². The summed E-state index contributed by atoms with van der Waals surface area (Å²) in [4.78, 5) is 25.5. The van der Waals surface area contributed by atoms with Crippen molar-refractivity contribution in [3.05, 3.63) is 48.3 Å². The Kier molecular flexibility index (Phi) is 4.19. The van der Waals surface area contributed by atoms with Crippen molar-refractivity contribution in [2.45, 2.75) is 6.92 Å². The summed E-state index contributed by atoms with van der Waals surface area (Å²) in [5.74, 6) is 0.595. The molecule has 3 heterocycles. The number of hydrogen-bond acceptors (Lipinski definition) is 5. The summed E-state index contributed by atoms with van der Waals surface area (Å²) in [6.07, 6.45) is 3.41. The molecule has 0 aliphatic carbocycles. The second-order valence-corrected chi connectivity index (χ2v) is 6.16. The molecule has 1 aliphatic heterocycles. The van der Waals surface area contributed by atoms with Gasteiger partial charge >= 0.3 is 0 Å². The minimum Gasteiger partial charge on any atom is -0.436 e. The number of carbonyl (C=O) groups is 1. The molecule has 3 aromatic rings. The molecule has 2 aromatic heterocycles. The number of carbonyl (C=O) groups excluding carboxylic acids is 1. The minimum atomic E-state index is 0.0551. The molecule has 4 rings (SSSR count). The van der Waals surface area contributed by atoms with Crippen LogP contribution in [0, 0.1) is 0 Å². The van der Waals surface area contributed by atoms with Crippen molar-refractivity contribution in [3.8, 4) is 11.5 Å². The predicted octanol–water partition coefficient (Wildman–Crippen LogP) is 2.67. The molecule has 6 nitrogen and oxygen atoms in total. The van der Waals surface area contributed by atoms with Crippen molar-refractivity contribution >= 4 is 17.0 Å². The molecule has 128 valence electrons. The molecule has 6 heteroatoms. The van der Waals surface area contributed by atoms with Gasteiger partial charge in [-0.05, 0) is 36.9 Å². The monoisotopic (exact) mass is 336 g/mol. The number of fused-ring (bicyclic) bond motifs is 1. The van der Waals surface area contributed by atoms with Gasteiger partial charge in [-0.1, -0.05) is 6.92 Å². The summed E-state index contributed by atoms with van der Waals surface area (Å²) in [5, 5.41) is 0. The van der Waals surface area contributed by atoms with Crippen LogP contribution >= 0.6 is 0 Å². The molecule has 1 aliphatic rings. The number of nitrogens with zero attached hydrogens (tertiary/aromatic N) is 4. The number of rotatable bonds is 3. The zero-order valence-electron chi connectivity index (χ0n) is 14.2. The van der Waals surface area contributed by atoms with E-state index in [-0.39, 0.29) is 5.91 Å². The topological polar surface area (TPSA) is 62.5 Å². The van der Waals surface area contributed by atoms with Crippen molar-refractivity contribution in [2.75, 3.05) is 32.7 Å². The van der Waals surface area contributed by atoms with E-state index in [0.29, 0.717) is 17.0 Å². The SMILES string of the molecule is CCN1CCN(C(=O)c2ccc3nc(-c4ccncc4)oc3c2)CC1. The number of amides is 1. The highest BCUT2D eigenvalue weighted by Gasteiger charge is 2.22. The zero-order chi connectivity index (χ0) is 17.2. The zero-order valence-corrected chi connectivity index (χ0v) is 14.2. The summed E-state index contributed by atoms with van der Waals surface area (Å²) in [5.41, 5.74) is 2.90. The average Bonchev–Trinajstić information content (AvgIpc) is 3.11. The molecule has 0 saturated carbocycles. The predicted molar refractivity (Wildman–Crippen MR) is 95.3 cm³/mol. The molecule has 0 radical (unpaired) electrons. The second kappa shape index (κ2) is 6.64. The third-order valence-electron chi connectivity index (χ3n) is 4.67. The Bertz CT molecular complexity index is 883. The standard InChI is InChI=1S/C19H20N4O2/c1-2-22-9-11-23(12-10-22)19(24)15-3-4-16-17(13-15)25-18(21-16)14-5-7-20-8-6-14/h3-8,13H,2,9-12H2,1H3. The molecular weight excluding hydrogens is 316 g/mol. The largest absolute Gasteiger partial charge is 0.436 e. The highest BCUT2D eigenvalue weighted by atomic mass is 16.3. The number of likely N-dealkylation sites (N-methyl/N-ethyl adjacent to an activating group) is 1. The van der Waals surface area contributed by atoms with Gasteiger partial charge in [0.1, 0.15) is 5.52 Å². The van der Waals surface area contributed by atoms with Gasteiger partial charge in [-0.3, -0.25) is 9.78 Å². The van der Waals surface area contributed by atoms with E-state index in [2.05, 4.69) is 21.8 Å². The quantitative estimate of drug-likeness (QED) is 0.736. The van der Waals surface area contributed by atoms with Crippen LogP contribution in [-0.2, 0) is 0 Å². The van der Waals surface area contributed by atoms with Gasteiger partial charge in [-0.2, -0.15) is 0 Å². The number of oxazole rings is 1. The summed E-state index contributed by atoms with van der Waals surface area (Å²) in [6.45, 7) is 6.57. The van der Waals surface area contributed by atoms with Gasteiger partial charge in [-0.25, -0.2) is 4.98 Å². The first-order chi connectivity index (χ1) is 12.2. The Hall–Kier alpha value is -2.73. The summed E-state index contributed by atoms with van der Waals surface area (Å²) in [7, 11) is 0. The summed E-state index contributed by atoms with van der Waals surface area (Å²) < 4.78 is 5.85. The Morgan fingerprint density at radius 3 is 2.60 bits per heavy atom. The first kappa shape index (κ1) is 15.8. The molecule has 1 fully saturated rings. The maximum atomic E-state index is 12.8. The Morgan fingerprint density at radius 2 is 1.88 bits per heavy atom. The van der Waals surface area contributed by atoms with Crippen LogP contribution in [0.25, 0.3) is 22.6 Å². The maximum Gasteiger partial charge on any atom is 0.254 e. The number of piperazine rings is 1. The fraction of sp³-hybridized carbons (Fsp3) is 0.316. The number of pyridine rings is 1.